The normalized spacial score (nSPS) is 11.7. The highest BCUT2D eigenvalue weighted by Gasteiger charge is 2.41. The first-order valence-corrected chi connectivity index (χ1v) is 15.8. The largest absolute Gasteiger partial charge is 0.322 e. The minimum absolute atomic E-state index is 0.0859. The highest BCUT2D eigenvalue weighted by Crippen LogP contribution is 2.44. The molecule has 0 unspecified atom stereocenters. The fourth-order valence-electron chi connectivity index (χ4n) is 6.87. The van der Waals surface area contributed by atoms with Crippen LogP contribution in [0.3, 0.4) is 0 Å². The van der Waals surface area contributed by atoms with Crippen molar-refractivity contribution in [1.29, 1.82) is 0 Å². The summed E-state index contributed by atoms with van der Waals surface area (Å²) in [6.45, 7) is 2.00. The Kier molecular flexibility index (Phi) is 7.07. The van der Waals surface area contributed by atoms with Crippen LogP contribution >= 0.6 is 0 Å². The maximum atomic E-state index is 13.5. The van der Waals surface area contributed by atoms with Crippen LogP contribution in [-0.4, -0.2) is 19.7 Å². The number of hydrogen-bond acceptors (Lipinski definition) is 3. The second-order valence-corrected chi connectivity index (χ2v) is 12.0. The molecule has 0 saturated carbocycles. The molecule has 0 aliphatic rings. The average molecular weight is 609 g/mol. The molecule has 0 bridgehead atoms. The number of aryl methyl sites for hydroxylation is 1. The summed E-state index contributed by atoms with van der Waals surface area (Å²) in [6, 6.07) is 52.1. The van der Waals surface area contributed by atoms with Gasteiger partial charge in [0.1, 0.15) is 11.2 Å². The van der Waals surface area contributed by atoms with Gasteiger partial charge >= 0.3 is 0 Å². The molecule has 0 saturated heterocycles. The van der Waals surface area contributed by atoms with Gasteiger partial charge in [0.15, 0.2) is 0 Å². The zero-order valence-corrected chi connectivity index (χ0v) is 26.0. The highest BCUT2D eigenvalue weighted by atomic mass is 16.1. The van der Waals surface area contributed by atoms with E-state index in [1.165, 1.54) is 0 Å². The summed E-state index contributed by atoms with van der Waals surface area (Å²) in [5, 5.41) is 7.49. The van der Waals surface area contributed by atoms with Crippen molar-refractivity contribution < 1.29 is 0 Å². The molecule has 5 heteroatoms. The van der Waals surface area contributed by atoms with Gasteiger partial charge in [-0.3, -0.25) is 9.78 Å². The lowest BCUT2D eigenvalue weighted by molar-refractivity contribution is 0.477. The van der Waals surface area contributed by atoms with Crippen LogP contribution < -0.4 is 5.56 Å². The van der Waals surface area contributed by atoms with Crippen molar-refractivity contribution >= 4 is 21.8 Å². The van der Waals surface area contributed by atoms with Crippen LogP contribution in [0.5, 0.6) is 0 Å². The Morgan fingerprint density at radius 2 is 1.26 bits per heavy atom. The van der Waals surface area contributed by atoms with Crippen molar-refractivity contribution in [3.05, 3.63) is 202 Å². The van der Waals surface area contributed by atoms with E-state index < -0.39 is 5.54 Å². The number of rotatable bonds is 7. The minimum Gasteiger partial charge on any atom is -0.322 e. The van der Waals surface area contributed by atoms with E-state index in [2.05, 4.69) is 118 Å². The van der Waals surface area contributed by atoms with Crippen LogP contribution in [0.25, 0.3) is 33.1 Å². The van der Waals surface area contributed by atoms with Crippen LogP contribution in [-0.2, 0) is 12.0 Å². The molecule has 0 aliphatic heterocycles. The van der Waals surface area contributed by atoms with Gasteiger partial charge in [-0.1, -0.05) is 121 Å². The first-order valence-electron chi connectivity index (χ1n) is 15.8. The zero-order chi connectivity index (χ0) is 31.8. The first kappa shape index (κ1) is 28.4. The molecule has 8 aromatic rings. The summed E-state index contributed by atoms with van der Waals surface area (Å²) < 4.78 is 2.16. The summed E-state index contributed by atoms with van der Waals surface area (Å²) in [5.74, 6) is 0. The number of nitrogens with zero attached hydrogens (tertiary/aromatic N) is 3. The van der Waals surface area contributed by atoms with Gasteiger partial charge in [-0.05, 0) is 64.9 Å². The zero-order valence-electron chi connectivity index (χ0n) is 26.0. The third-order valence-electron chi connectivity index (χ3n) is 9.02. The van der Waals surface area contributed by atoms with Crippen molar-refractivity contribution in [3.63, 3.8) is 0 Å². The number of aromatic amines is 1. The minimum atomic E-state index is -0.830. The standard InChI is InChI=1S/C42H32N4O/c1-29-24-31(22-23-43-29)40-37-27-32-26-33(25-30-14-6-2-7-15-30)41(47)44-38(32)28-39(37)46(45-40)42(34-16-8-3-9-17-34,35-18-10-4-11-19-35)36-20-12-5-13-21-36/h2-24,26-28H,25H2,1H3,(H,44,47). The molecule has 0 aliphatic carbocycles. The summed E-state index contributed by atoms with van der Waals surface area (Å²) in [7, 11) is 0. The van der Waals surface area contributed by atoms with Crippen molar-refractivity contribution in [1.82, 2.24) is 19.7 Å². The van der Waals surface area contributed by atoms with E-state index in [9.17, 15) is 4.79 Å². The number of fused-ring (bicyclic) bond motifs is 2. The molecule has 5 nitrogen and oxygen atoms in total. The van der Waals surface area contributed by atoms with Gasteiger partial charge in [-0.2, -0.15) is 5.10 Å². The topological polar surface area (TPSA) is 63.6 Å². The second-order valence-electron chi connectivity index (χ2n) is 12.0. The Balaban J connectivity index is 1.49. The monoisotopic (exact) mass is 608 g/mol. The van der Waals surface area contributed by atoms with E-state index in [1.807, 2.05) is 61.7 Å². The van der Waals surface area contributed by atoms with Crippen molar-refractivity contribution in [2.24, 2.45) is 0 Å². The summed E-state index contributed by atoms with van der Waals surface area (Å²) in [4.78, 5) is 21.2. The molecule has 1 N–H and O–H groups in total. The number of H-pyrrole nitrogens is 1. The Hall–Kier alpha value is -6.07. The number of benzene rings is 5. The Bertz CT molecular complexity index is 2300. The van der Waals surface area contributed by atoms with Crippen molar-refractivity contribution in [2.75, 3.05) is 0 Å². The molecular formula is C42H32N4O. The fraction of sp³-hybridized carbons (Fsp3) is 0.0714. The van der Waals surface area contributed by atoms with Crippen LogP contribution in [0.15, 0.2) is 163 Å². The first-order chi connectivity index (χ1) is 23.1. The second kappa shape index (κ2) is 11.7. The Morgan fingerprint density at radius 3 is 1.83 bits per heavy atom. The maximum absolute atomic E-state index is 13.5. The molecule has 0 spiro atoms. The molecule has 0 amide bonds. The molecule has 0 atom stereocenters. The molecule has 8 rings (SSSR count). The average Bonchev–Trinajstić information content (AvgIpc) is 3.48. The van der Waals surface area contributed by atoms with E-state index >= 15 is 0 Å². The number of aromatic nitrogens is 4. The lowest BCUT2D eigenvalue weighted by Gasteiger charge is -2.37. The summed E-state index contributed by atoms with van der Waals surface area (Å²) in [6.07, 6.45) is 2.39. The summed E-state index contributed by atoms with van der Waals surface area (Å²) >= 11 is 0. The van der Waals surface area contributed by atoms with Crippen LogP contribution in [0.2, 0.25) is 0 Å². The number of nitrogens with one attached hydrogen (secondary N) is 1. The van der Waals surface area contributed by atoms with Crippen molar-refractivity contribution in [2.45, 2.75) is 18.9 Å². The molecule has 0 fully saturated rings. The quantitative estimate of drug-likeness (QED) is 0.184. The third kappa shape index (κ3) is 4.93. The number of pyridine rings is 2. The van der Waals surface area contributed by atoms with Gasteiger partial charge < -0.3 is 4.98 Å². The van der Waals surface area contributed by atoms with Gasteiger partial charge in [0.05, 0.1) is 11.0 Å². The Labute approximate surface area is 272 Å². The van der Waals surface area contributed by atoms with Crippen molar-refractivity contribution in [3.8, 4) is 11.3 Å². The molecule has 0 radical (unpaired) electrons. The van der Waals surface area contributed by atoms with Crippen LogP contribution in [0.4, 0.5) is 0 Å². The van der Waals surface area contributed by atoms with Gasteiger partial charge in [0.25, 0.3) is 5.56 Å². The van der Waals surface area contributed by atoms with E-state index in [0.717, 1.165) is 66.6 Å². The van der Waals surface area contributed by atoms with Gasteiger partial charge in [0.2, 0.25) is 0 Å². The lowest BCUT2D eigenvalue weighted by Crippen LogP contribution is -2.38. The molecule has 226 valence electrons. The fourth-order valence-corrected chi connectivity index (χ4v) is 6.87. The molecule has 3 aromatic heterocycles. The SMILES string of the molecule is Cc1cc(-c2nn(C(c3ccccc3)(c3ccccc3)c3ccccc3)c3cc4[nH]c(=O)c(Cc5ccccc5)cc4cc23)ccn1. The van der Waals surface area contributed by atoms with Gasteiger partial charge in [0, 0.05) is 34.8 Å². The van der Waals surface area contributed by atoms with Gasteiger partial charge in [-0.25, -0.2) is 4.68 Å². The maximum Gasteiger partial charge on any atom is 0.251 e. The Morgan fingerprint density at radius 1 is 0.681 bits per heavy atom. The van der Waals surface area contributed by atoms with E-state index in [-0.39, 0.29) is 5.56 Å². The van der Waals surface area contributed by atoms with Gasteiger partial charge in [-0.15, -0.1) is 0 Å². The smallest absolute Gasteiger partial charge is 0.251 e. The van der Waals surface area contributed by atoms with Crippen LogP contribution in [0.1, 0.15) is 33.5 Å². The van der Waals surface area contributed by atoms with E-state index in [1.54, 1.807) is 0 Å². The number of hydrogen-bond donors (Lipinski definition) is 1. The lowest BCUT2D eigenvalue weighted by atomic mass is 9.77. The molecule has 47 heavy (non-hydrogen) atoms. The van der Waals surface area contributed by atoms with E-state index in [0.29, 0.717) is 6.42 Å². The van der Waals surface area contributed by atoms with E-state index in [4.69, 9.17) is 5.10 Å². The van der Waals surface area contributed by atoms with Crippen LogP contribution in [0, 0.1) is 6.92 Å². The predicted molar refractivity (Wildman–Crippen MR) is 190 cm³/mol. The summed E-state index contributed by atoms with van der Waals surface area (Å²) in [5.41, 5.74) is 8.56. The predicted octanol–water partition coefficient (Wildman–Crippen LogP) is 8.68. The molecular weight excluding hydrogens is 576 g/mol. The highest BCUT2D eigenvalue weighted by molar-refractivity contribution is 6.02. The molecule has 3 heterocycles. The molecule has 5 aromatic carbocycles. The third-order valence-corrected chi connectivity index (χ3v) is 9.02.